The molecule has 1 heterocycles. The molecular weight excluding hydrogens is 533 g/mol. The maximum atomic E-state index is 14.2. The SMILES string of the molecule is CC(=[C-]c1ccc(F)c(NC(=O)CCN2CCN(C)CC2)c1)c1cc(Cl)ccc1F.[CH2-]CN[C-]=CCC.[K+]. The van der Waals surface area contributed by atoms with Gasteiger partial charge in [0, 0.05) is 49.9 Å². The van der Waals surface area contributed by atoms with Crippen molar-refractivity contribution in [2.75, 3.05) is 51.6 Å². The fraction of sp³-hybridized carbons (Fsp3) is 0.379. The summed E-state index contributed by atoms with van der Waals surface area (Å²) >= 11 is 5.95. The molecule has 2 aromatic carbocycles. The first-order valence-corrected chi connectivity index (χ1v) is 12.8. The predicted molar refractivity (Wildman–Crippen MR) is 148 cm³/mol. The molecule has 5 nitrogen and oxygen atoms in total. The number of halogens is 3. The van der Waals surface area contributed by atoms with Gasteiger partial charge in [0.2, 0.25) is 5.91 Å². The van der Waals surface area contributed by atoms with E-state index < -0.39 is 11.6 Å². The summed E-state index contributed by atoms with van der Waals surface area (Å²) in [6.45, 7) is 12.5. The van der Waals surface area contributed by atoms with Crippen molar-refractivity contribution in [3.8, 4) is 0 Å². The van der Waals surface area contributed by atoms with Crippen molar-refractivity contribution in [1.82, 2.24) is 15.1 Å². The third kappa shape index (κ3) is 12.8. The van der Waals surface area contributed by atoms with Crippen molar-refractivity contribution in [1.29, 1.82) is 0 Å². The van der Waals surface area contributed by atoms with Crippen LogP contribution in [0.4, 0.5) is 14.5 Å². The Kier molecular flexibility index (Phi) is 17.5. The molecule has 0 saturated carbocycles. The fourth-order valence-electron chi connectivity index (χ4n) is 3.56. The van der Waals surface area contributed by atoms with Gasteiger partial charge in [0.15, 0.2) is 0 Å². The molecule has 38 heavy (non-hydrogen) atoms. The van der Waals surface area contributed by atoms with E-state index in [1.807, 2.05) is 6.08 Å². The molecule has 0 unspecified atom stereocenters. The van der Waals surface area contributed by atoms with Crippen molar-refractivity contribution in [2.45, 2.75) is 26.7 Å². The number of likely N-dealkylation sites (N-methyl/N-ethyl adjacent to an activating group) is 1. The van der Waals surface area contributed by atoms with Crippen LogP contribution in [0, 0.1) is 30.8 Å². The second-order valence-electron chi connectivity index (χ2n) is 8.70. The molecule has 3 rings (SSSR count). The van der Waals surface area contributed by atoms with E-state index in [1.54, 1.807) is 6.92 Å². The van der Waals surface area contributed by atoms with E-state index in [1.165, 1.54) is 36.4 Å². The van der Waals surface area contributed by atoms with Crippen LogP contribution in [0.3, 0.4) is 0 Å². The molecule has 1 fully saturated rings. The molecule has 0 aliphatic carbocycles. The molecule has 0 radical (unpaired) electrons. The Balaban J connectivity index is 0.000000797. The number of carbonyl (C=O) groups excluding carboxylic acids is 1. The first-order chi connectivity index (χ1) is 17.7. The summed E-state index contributed by atoms with van der Waals surface area (Å²) in [6.07, 6.45) is 9.15. The van der Waals surface area contributed by atoms with Crippen LogP contribution < -0.4 is 62.0 Å². The van der Waals surface area contributed by atoms with Crippen LogP contribution in [0.25, 0.3) is 5.57 Å². The third-order valence-corrected chi connectivity index (χ3v) is 5.92. The van der Waals surface area contributed by atoms with Gasteiger partial charge in [-0.3, -0.25) is 10.9 Å². The van der Waals surface area contributed by atoms with E-state index >= 15 is 0 Å². The summed E-state index contributed by atoms with van der Waals surface area (Å²) in [6, 6.07) is 8.57. The van der Waals surface area contributed by atoms with Gasteiger partial charge in [-0.1, -0.05) is 49.6 Å². The van der Waals surface area contributed by atoms with E-state index in [0.717, 1.165) is 39.1 Å². The molecule has 2 aromatic rings. The van der Waals surface area contributed by atoms with Gasteiger partial charge in [-0.15, -0.1) is 35.9 Å². The number of amides is 1. The summed E-state index contributed by atoms with van der Waals surface area (Å²) < 4.78 is 28.3. The summed E-state index contributed by atoms with van der Waals surface area (Å²) in [5.41, 5.74) is 1.46. The first-order valence-electron chi connectivity index (χ1n) is 12.4. The molecule has 202 valence electrons. The molecule has 1 aliphatic rings. The Morgan fingerprint density at radius 3 is 2.47 bits per heavy atom. The van der Waals surface area contributed by atoms with E-state index in [2.05, 4.69) is 53.6 Å². The molecule has 1 saturated heterocycles. The molecule has 2 N–H and O–H groups in total. The van der Waals surface area contributed by atoms with Crippen LogP contribution in [0.1, 0.15) is 37.8 Å². The molecule has 1 amide bonds. The Morgan fingerprint density at radius 2 is 1.82 bits per heavy atom. The van der Waals surface area contributed by atoms with Gasteiger partial charge in [-0.2, -0.15) is 0 Å². The van der Waals surface area contributed by atoms with E-state index in [9.17, 15) is 13.6 Å². The molecule has 9 heteroatoms. The van der Waals surface area contributed by atoms with Gasteiger partial charge in [-0.05, 0) is 19.2 Å². The number of allylic oxidation sites excluding steroid dienone is 2. The quantitative estimate of drug-likeness (QED) is 0.211. The minimum Gasteiger partial charge on any atom is -0.592 e. The van der Waals surface area contributed by atoms with Crippen LogP contribution in [-0.4, -0.2) is 62.0 Å². The normalized spacial score (nSPS) is 14.4. The number of nitrogens with zero attached hydrogens (tertiary/aromatic N) is 2. The molecule has 0 aromatic heterocycles. The largest absolute Gasteiger partial charge is 1.00 e. The van der Waals surface area contributed by atoms with Crippen LogP contribution in [0.5, 0.6) is 0 Å². The van der Waals surface area contributed by atoms with Crippen LogP contribution in [0.15, 0.2) is 42.5 Å². The number of hydrogen-bond acceptors (Lipinski definition) is 4. The minimum atomic E-state index is -0.528. The predicted octanol–water partition coefficient (Wildman–Crippen LogP) is 2.59. The van der Waals surface area contributed by atoms with Gasteiger partial charge in [0.05, 0.1) is 5.82 Å². The number of hydrogen-bond donors (Lipinski definition) is 2. The first kappa shape index (κ1) is 34.9. The average molecular weight is 569 g/mol. The zero-order chi connectivity index (χ0) is 27.2. The van der Waals surface area contributed by atoms with Gasteiger partial charge in [0.1, 0.15) is 5.82 Å². The second-order valence-corrected chi connectivity index (χ2v) is 9.13. The number of carbonyl (C=O) groups is 1. The Bertz CT molecular complexity index is 1070. The number of rotatable bonds is 9. The van der Waals surface area contributed by atoms with Crippen molar-refractivity contribution in [2.24, 2.45) is 0 Å². The minimum absolute atomic E-state index is 0. The fourth-order valence-corrected chi connectivity index (χ4v) is 3.73. The number of nitrogens with one attached hydrogen (secondary N) is 2. The van der Waals surface area contributed by atoms with Gasteiger partial charge in [0.25, 0.3) is 0 Å². The average Bonchev–Trinajstić information content (AvgIpc) is 2.88. The Morgan fingerprint density at radius 1 is 1.13 bits per heavy atom. The molecule has 0 atom stereocenters. The molecule has 0 bridgehead atoms. The summed E-state index contributed by atoms with van der Waals surface area (Å²) in [7, 11) is 2.08. The zero-order valence-electron chi connectivity index (χ0n) is 22.8. The Labute approximate surface area is 274 Å². The summed E-state index contributed by atoms with van der Waals surface area (Å²) in [5.74, 6) is -1.18. The van der Waals surface area contributed by atoms with Crippen molar-refractivity contribution >= 4 is 28.8 Å². The second kappa shape index (κ2) is 19.1. The smallest absolute Gasteiger partial charge is 0.592 e. The standard InChI is InChI=1S/C23H25ClF2N3O.C6H11N.K/c1-16(19-15-18(24)4-6-20(19)25)13-17-3-5-21(26)22(14-17)27-23(30)7-8-29-11-9-28(2)10-12-29;1-3-5-6-7-4-2;/h3-6,14-15H,7-12H2,1-2H3,(H,27,30);5,7H,2-4H2,1H3;/q-1;-2;+1. The van der Waals surface area contributed by atoms with Crippen LogP contribution >= 0.6 is 11.6 Å². The maximum absolute atomic E-state index is 14.2. The molecule has 1 aliphatic heterocycles. The molecule has 0 spiro atoms. The maximum Gasteiger partial charge on any atom is 1.00 e. The topological polar surface area (TPSA) is 47.6 Å². The number of anilines is 1. The van der Waals surface area contributed by atoms with Crippen molar-refractivity contribution < 1.29 is 65.0 Å². The van der Waals surface area contributed by atoms with E-state index in [0.29, 0.717) is 34.7 Å². The van der Waals surface area contributed by atoms with Crippen molar-refractivity contribution in [3.63, 3.8) is 0 Å². The van der Waals surface area contributed by atoms with Crippen molar-refractivity contribution in [3.05, 3.63) is 89.5 Å². The Hall–Kier alpha value is -1.10. The third-order valence-electron chi connectivity index (χ3n) is 5.69. The van der Waals surface area contributed by atoms with Crippen LogP contribution in [-0.2, 0) is 4.79 Å². The van der Waals surface area contributed by atoms with E-state index in [-0.39, 0.29) is 63.0 Å². The monoisotopic (exact) mass is 568 g/mol. The zero-order valence-corrected chi connectivity index (χ0v) is 26.7. The van der Waals surface area contributed by atoms with Gasteiger partial charge in [-0.25, -0.2) is 8.78 Å². The molecular formula is C29H36ClF2KN4O-2. The summed E-state index contributed by atoms with van der Waals surface area (Å²) in [5, 5.41) is 5.89. The van der Waals surface area contributed by atoms with E-state index in [4.69, 9.17) is 11.6 Å². The van der Waals surface area contributed by atoms with Gasteiger partial charge < -0.3 is 33.6 Å². The van der Waals surface area contributed by atoms with Crippen LogP contribution in [0.2, 0.25) is 5.02 Å². The van der Waals surface area contributed by atoms with Gasteiger partial charge >= 0.3 is 51.4 Å². The number of benzene rings is 2. The summed E-state index contributed by atoms with van der Waals surface area (Å²) in [4.78, 5) is 16.8. The number of piperazine rings is 1.